The van der Waals surface area contributed by atoms with Crippen LogP contribution >= 0.6 is 11.3 Å². The number of halogens is 2. The summed E-state index contributed by atoms with van der Waals surface area (Å²) in [5.74, 6) is -2.39. The molecule has 1 unspecified atom stereocenters. The van der Waals surface area contributed by atoms with Crippen molar-refractivity contribution in [3.05, 3.63) is 29.8 Å². The van der Waals surface area contributed by atoms with E-state index in [4.69, 9.17) is 5.73 Å². The van der Waals surface area contributed by atoms with Crippen LogP contribution in [0.3, 0.4) is 0 Å². The predicted octanol–water partition coefficient (Wildman–Crippen LogP) is 2.04. The monoisotopic (exact) mass is 432 g/mol. The van der Waals surface area contributed by atoms with E-state index in [0.717, 1.165) is 11.3 Å². The van der Waals surface area contributed by atoms with Crippen molar-refractivity contribution in [3.8, 4) is 11.5 Å². The SMILES string of the molecule is CC(C)(O)C(=O)Nc1sc([S+]([O-])c2cccc3c2OC(F)(F)O3)cc1C(N)=O. The van der Waals surface area contributed by atoms with E-state index in [2.05, 4.69) is 14.8 Å². The molecule has 0 saturated heterocycles. The average molecular weight is 432 g/mol. The van der Waals surface area contributed by atoms with Crippen LogP contribution in [0.2, 0.25) is 0 Å². The predicted molar refractivity (Wildman–Crippen MR) is 95.1 cm³/mol. The highest BCUT2D eigenvalue weighted by atomic mass is 32.2. The summed E-state index contributed by atoms with van der Waals surface area (Å²) in [7, 11) is 0. The molecule has 1 atom stereocenters. The number of aliphatic hydroxyl groups is 1. The number of hydrogen-bond acceptors (Lipinski definition) is 7. The Bertz CT molecular complexity index is 957. The van der Waals surface area contributed by atoms with Gasteiger partial charge in [-0.15, -0.1) is 8.78 Å². The first kappa shape index (κ1) is 20.3. The molecule has 2 amide bonds. The summed E-state index contributed by atoms with van der Waals surface area (Å²) in [6.07, 6.45) is -3.89. The van der Waals surface area contributed by atoms with Gasteiger partial charge < -0.3 is 30.2 Å². The second-order valence-corrected chi connectivity index (χ2v) is 8.93. The molecule has 0 spiro atoms. The molecule has 28 heavy (non-hydrogen) atoms. The Hall–Kier alpha value is -2.41. The molecule has 2 heterocycles. The maximum atomic E-state index is 13.3. The summed E-state index contributed by atoms with van der Waals surface area (Å²) in [4.78, 5) is 23.5. The summed E-state index contributed by atoms with van der Waals surface area (Å²) < 4.78 is 48.4. The van der Waals surface area contributed by atoms with E-state index in [1.54, 1.807) is 0 Å². The zero-order valence-electron chi connectivity index (χ0n) is 14.4. The van der Waals surface area contributed by atoms with E-state index in [-0.39, 0.29) is 31.2 Å². The smallest absolute Gasteiger partial charge is 0.586 e. The molecule has 2 aromatic rings. The van der Waals surface area contributed by atoms with Crippen LogP contribution in [0.4, 0.5) is 13.8 Å². The molecule has 0 fully saturated rings. The van der Waals surface area contributed by atoms with Crippen LogP contribution in [0.1, 0.15) is 24.2 Å². The highest BCUT2D eigenvalue weighted by Gasteiger charge is 2.46. The highest BCUT2D eigenvalue weighted by Crippen LogP contribution is 2.47. The van der Waals surface area contributed by atoms with Crippen LogP contribution in [0.25, 0.3) is 0 Å². The first-order valence-electron chi connectivity index (χ1n) is 7.67. The van der Waals surface area contributed by atoms with Gasteiger partial charge in [0.25, 0.3) is 11.8 Å². The molecule has 8 nitrogen and oxygen atoms in total. The van der Waals surface area contributed by atoms with Gasteiger partial charge in [0.2, 0.25) is 14.9 Å². The third-order valence-electron chi connectivity index (χ3n) is 3.53. The second-order valence-electron chi connectivity index (χ2n) is 6.21. The van der Waals surface area contributed by atoms with Crippen molar-refractivity contribution in [1.82, 2.24) is 0 Å². The molecule has 0 saturated carbocycles. The number of nitrogens with one attached hydrogen (secondary N) is 1. The zero-order chi connectivity index (χ0) is 20.9. The van der Waals surface area contributed by atoms with Crippen molar-refractivity contribution in [2.45, 2.75) is 34.8 Å². The number of ether oxygens (including phenoxy) is 2. The fourth-order valence-electron chi connectivity index (χ4n) is 2.19. The molecule has 0 radical (unpaired) electrons. The second kappa shape index (κ2) is 6.88. The number of carbonyl (C=O) groups excluding carboxylic acids is 2. The Balaban J connectivity index is 1.97. The zero-order valence-corrected chi connectivity index (χ0v) is 16.1. The van der Waals surface area contributed by atoms with E-state index < -0.39 is 34.9 Å². The average Bonchev–Trinajstić information content (AvgIpc) is 3.12. The lowest BCUT2D eigenvalue weighted by Crippen LogP contribution is -2.36. The minimum absolute atomic E-state index is 0.0296. The summed E-state index contributed by atoms with van der Waals surface area (Å²) in [5.41, 5.74) is 3.41. The van der Waals surface area contributed by atoms with Crippen LogP contribution < -0.4 is 20.5 Å². The number of hydrogen-bond donors (Lipinski definition) is 3. The van der Waals surface area contributed by atoms with Crippen molar-refractivity contribution in [1.29, 1.82) is 0 Å². The number of rotatable bonds is 5. The van der Waals surface area contributed by atoms with Gasteiger partial charge in [0, 0.05) is 17.2 Å². The molecule has 150 valence electrons. The van der Waals surface area contributed by atoms with Crippen molar-refractivity contribution in [3.63, 3.8) is 0 Å². The Morgan fingerprint density at radius 2 is 2.04 bits per heavy atom. The van der Waals surface area contributed by atoms with Gasteiger partial charge >= 0.3 is 6.29 Å². The van der Waals surface area contributed by atoms with Gasteiger partial charge in [-0.2, -0.15) is 0 Å². The molecule has 1 aliphatic heterocycles. The topological polar surface area (TPSA) is 134 Å². The van der Waals surface area contributed by atoms with Crippen LogP contribution in [0.5, 0.6) is 11.5 Å². The van der Waals surface area contributed by atoms with Crippen LogP contribution in [0, 0.1) is 0 Å². The molecule has 3 rings (SSSR count). The van der Waals surface area contributed by atoms with Gasteiger partial charge in [-0.25, -0.2) is 0 Å². The molecule has 0 aliphatic carbocycles. The normalized spacial score (nSPS) is 15.9. The first-order valence-corrected chi connectivity index (χ1v) is 9.64. The van der Waals surface area contributed by atoms with Crippen molar-refractivity contribution >= 4 is 39.3 Å². The minimum atomic E-state index is -3.89. The standard InChI is InChI=1S/C16H14F2N2O6S2/c1-15(2,23)14(22)20-13-7(12(19)21)6-10(27-13)28(24)9-5-3-4-8-11(9)26-16(17,18)25-8/h3-6,23H,1-2H3,(H2,19,21)(H,20,22). The number of para-hydroxylation sites is 1. The maximum absolute atomic E-state index is 13.3. The van der Waals surface area contributed by atoms with E-state index in [9.17, 15) is 28.0 Å². The molecule has 4 N–H and O–H groups in total. The number of primary amides is 1. The van der Waals surface area contributed by atoms with Crippen LogP contribution in [0.15, 0.2) is 33.4 Å². The largest absolute Gasteiger partial charge is 0.606 e. The quantitative estimate of drug-likeness (QED) is 0.619. The lowest BCUT2D eigenvalue weighted by molar-refractivity contribution is -0.287. The Kier molecular flexibility index (Phi) is 5.00. The lowest BCUT2D eigenvalue weighted by Gasteiger charge is -2.16. The van der Waals surface area contributed by atoms with Crippen molar-refractivity contribution in [2.24, 2.45) is 5.73 Å². The number of carbonyl (C=O) groups is 2. The van der Waals surface area contributed by atoms with Crippen LogP contribution in [-0.2, 0) is 16.0 Å². The van der Waals surface area contributed by atoms with Gasteiger partial charge in [0.15, 0.2) is 5.75 Å². The Morgan fingerprint density at radius 1 is 1.36 bits per heavy atom. The Morgan fingerprint density at radius 3 is 2.64 bits per heavy atom. The number of alkyl halides is 2. The number of thiophene rings is 1. The third-order valence-corrected chi connectivity index (χ3v) is 6.29. The van der Waals surface area contributed by atoms with Crippen LogP contribution in [-0.4, -0.2) is 33.4 Å². The molecular formula is C16H14F2N2O6S2. The first-order chi connectivity index (χ1) is 12.9. The number of benzene rings is 1. The van der Waals surface area contributed by atoms with Crippen molar-refractivity contribution < 1.29 is 37.5 Å². The lowest BCUT2D eigenvalue weighted by atomic mass is 10.1. The number of amides is 2. The molecular weight excluding hydrogens is 418 g/mol. The van der Waals surface area contributed by atoms with Gasteiger partial charge in [-0.3, -0.25) is 9.59 Å². The summed E-state index contributed by atoms with van der Waals surface area (Å²) >= 11 is -1.29. The number of nitrogens with two attached hydrogens (primary N) is 1. The maximum Gasteiger partial charge on any atom is 0.586 e. The highest BCUT2D eigenvalue weighted by molar-refractivity contribution is 7.93. The van der Waals surface area contributed by atoms with E-state index in [1.165, 1.54) is 38.1 Å². The molecule has 1 aliphatic rings. The van der Waals surface area contributed by atoms with Crippen molar-refractivity contribution in [2.75, 3.05) is 5.32 Å². The van der Waals surface area contributed by atoms with Gasteiger partial charge in [0.1, 0.15) is 10.6 Å². The van der Waals surface area contributed by atoms with Gasteiger partial charge in [0.05, 0.1) is 5.56 Å². The van der Waals surface area contributed by atoms with E-state index in [1.807, 2.05) is 0 Å². The van der Waals surface area contributed by atoms with Gasteiger partial charge in [-0.1, -0.05) is 17.4 Å². The number of anilines is 1. The Labute approximate surface area is 164 Å². The number of fused-ring (bicyclic) bond motifs is 1. The fourth-order valence-corrected chi connectivity index (χ4v) is 4.76. The van der Waals surface area contributed by atoms with E-state index >= 15 is 0 Å². The van der Waals surface area contributed by atoms with E-state index in [0.29, 0.717) is 0 Å². The summed E-state index contributed by atoms with van der Waals surface area (Å²) in [5, 5.41) is 12.1. The molecule has 1 aromatic heterocycles. The molecule has 12 heteroatoms. The fraction of sp³-hybridized carbons (Fsp3) is 0.250. The third kappa shape index (κ3) is 3.90. The van der Waals surface area contributed by atoms with Gasteiger partial charge in [-0.05, 0) is 26.0 Å². The summed E-state index contributed by atoms with van der Waals surface area (Å²) in [6, 6.07) is 5.07. The minimum Gasteiger partial charge on any atom is -0.606 e. The molecule has 0 bridgehead atoms. The molecule has 1 aromatic carbocycles. The summed E-state index contributed by atoms with van der Waals surface area (Å²) in [6.45, 7) is 2.48.